The molecule has 8 heteroatoms. The quantitative estimate of drug-likeness (QED) is 0.661. The Morgan fingerprint density at radius 1 is 1.50 bits per heavy atom. The Bertz CT molecular complexity index is 534. The van der Waals surface area contributed by atoms with Crippen LogP contribution < -0.4 is 11.3 Å². The van der Waals surface area contributed by atoms with Crippen LogP contribution >= 0.6 is 27.5 Å². The first-order chi connectivity index (χ1) is 8.56. The number of nitrogens with zero attached hydrogens (tertiary/aromatic N) is 4. The van der Waals surface area contributed by atoms with E-state index in [1.54, 1.807) is 6.20 Å². The molecule has 0 saturated carbocycles. The van der Waals surface area contributed by atoms with E-state index in [1.807, 2.05) is 11.6 Å². The average Bonchev–Trinajstić information content (AvgIpc) is 2.89. The molecule has 0 aromatic carbocycles. The third-order valence-electron chi connectivity index (χ3n) is 2.67. The molecule has 1 atom stereocenters. The van der Waals surface area contributed by atoms with Crippen molar-refractivity contribution in [3.8, 4) is 0 Å². The van der Waals surface area contributed by atoms with Crippen LogP contribution in [-0.2, 0) is 0 Å². The lowest BCUT2D eigenvalue weighted by Crippen LogP contribution is -2.31. The second kappa shape index (κ2) is 5.43. The number of aryl methyl sites for hydroxylation is 1. The van der Waals surface area contributed by atoms with Crippen LogP contribution in [0, 0.1) is 6.92 Å². The molecule has 2 heterocycles. The van der Waals surface area contributed by atoms with Gasteiger partial charge in [-0.15, -0.1) is 5.10 Å². The van der Waals surface area contributed by atoms with Crippen LogP contribution in [0.4, 0.5) is 0 Å². The monoisotopic (exact) mass is 330 g/mol. The third-order valence-corrected chi connectivity index (χ3v) is 4.17. The third kappa shape index (κ3) is 2.33. The predicted molar refractivity (Wildman–Crippen MR) is 74.1 cm³/mol. The zero-order chi connectivity index (χ0) is 13.3. The van der Waals surface area contributed by atoms with Gasteiger partial charge in [0, 0.05) is 6.04 Å². The van der Waals surface area contributed by atoms with Gasteiger partial charge in [-0.3, -0.25) is 10.5 Å². The van der Waals surface area contributed by atoms with Crippen LogP contribution in [-0.4, -0.2) is 19.4 Å². The average molecular weight is 331 g/mol. The van der Waals surface area contributed by atoms with E-state index in [2.05, 4.69) is 49.9 Å². The fraction of sp³-hybridized carbons (Fsp3) is 0.500. The number of hydrazine groups is 1. The first kappa shape index (κ1) is 13.6. The molecule has 2 aromatic rings. The SMILES string of the molecule is Cc1nnsc1C(NN)c1c(Br)cnn1C(C)C. The summed E-state index contributed by atoms with van der Waals surface area (Å²) in [7, 11) is 0. The number of aromatic nitrogens is 4. The minimum atomic E-state index is -0.163. The van der Waals surface area contributed by atoms with Crippen molar-refractivity contribution >= 4 is 27.5 Å². The number of halogens is 1. The second-order valence-corrected chi connectivity index (χ2v) is 5.88. The molecule has 0 amide bonds. The van der Waals surface area contributed by atoms with Gasteiger partial charge >= 0.3 is 0 Å². The fourth-order valence-corrected chi connectivity index (χ4v) is 3.03. The molecule has 0 bridgehead atoms. The van der Waals surface area contributed by atoms with E-state index in [9.17, 15) is 0 Å². The Kier molecular flexibility index (Phi) is 4.10. The van der Waals surface area contributed by atoms with Crippen LogP contribution in [0.25, 0.3) is 0 Å². The van der Waals surface area contributed by atoms with Gasteiger partial charge in [-0.05, 0) is 48.2 Å². The molecule has 18 heavy (non-hydrogen) atoms. The minimum Gasteiger partial charge on any atom is -0.270 e. The van der Waals surface area contributed by atoms with Crippen molar-refractivity contribution < 1.29 is 0 Å². The number of hydrogen-bond acceptors (Lipinski definition) is 6. The number of nitrogens with two attached hydrogens (primary N) is 1. The summed E-state index contributed by atoms with van der Waals surface area (Å²) >= 11 is 4.87. The van der Waals surface area contributed by atoms with Crippen LogP contribution in [0.5, 0.6) is 0 Å². The lowest BCUT2D eigenvalue weighted by molar-refractivity contribution is 0.476. The van der Waals surface area contributed by atoms with Crippen LogP contribution in [0.2, 0.25) is 0 Å². The van der Waals surface area contributed by atoms with E-state index in [4.69, 9.17) is 5.84 Å². The summed E-state index contributed by atoms with van der Waals surface area (Å²) in [6.45, 7) is 6.08. The van der Waals surface area contributed by atoms with Gasteiger partial charge in [0.1, 0.15) is 6.04 Å². The topological polar surface area (TPSA) is 81.7 Å². The number of hydrogen-bond donors (Lipinski definition) is 2. The second-order valence-electron chi connectivity index (χ2n) is 4.24. The first-order valence-electron chi connectivity index (χ1n) is 5.54. The molecule has 0 fully saturated rings. The summed E-state index contributed by atoms with van der Waals surface area (Å²) in [4.78, 5) is 1.00. The molecule has 98 valence electrons. The van der Waals surface area contributed by atoms with Gasteiger partial charge in [0.15, 0.2) is 0 Å². The van der Waals surface area contributed by atoms with Crippen LogP contribution in [0.15, 0.2) is 10.7 Å². The summed E-state index contributed by atoms with van der Waals surface area (Å²) in [6, 6.07) is 0.0904. The summed E-state index contributed by atoms with van der Waals surface area (Å²) in [5, 5.41) is 8.39. The van der Waals surface area contributed by atoms with E-state index in [0.29, 0.717) is 0 Å². The number of nitrogens with one attached hydrogen (secondary N) is 1. The molecule has 3 N–H and O–H groups in total. The van der Waals surface area contributed by atoms with Crippen molar-refractivity contribution in [1.29, 1.82) is 0 Å². The highest BCUT2D eigenvalue weighted by Gasteiger charge is 2.25. The van der Waals surface area contributed by atoms with E-state index in [-0.39, 0.29) is 12.1 Å². The molecule has 6 nitrogen and oxygen atoms in total. The highest BCUT2D eigenvalue weighted by Crippen LogP contribution is 2.32. The molecular weight excluding hydrogens is 316 g/mol. The summed E-state index contributed by atoms with van der Waals surface area (Å²) < 4.78 is 6.82. The van der Waals surface area contributed by atoms with E-state index in [0.717, 1.165) is 20.7 Å². The Labute approximate surface area is 118 Å². The smallest absolute Gasteiger partial charge is 0.102 e. The summed E-state index contributed by atoms with van der Waals surface area (Å²) in [5.41, 5.74) is 4.69. The van der Waals surface area contributed by atoms with Crippen molar-refractivity contribution in [2.24, 2.45) is 5.84 Å². The normalized spacial score (nSPS) is 13.2. The maximum Gasteiger partial charge on any atom is 0.102 e. The molecule has 0 aliphatic heterocycles. The molecule has 0 aliphatic rings. The summed E-state index contributed by atoms with van der Waals surface area (Å²) in [6.07, 6.45) is 1.78. The molecule has 0 radical (unpaired) electrons. The molecule has 0 spiro atoms. The molecule has 1 unspecified atom stereocenters. The van der Waals surface area contributed by atoms with Crippen LogP contribution in [0.1, 0.15) is 42.2 Å². The predicted octanol–water partition coefficient (Wildman–Crippen LogP) is 1.94. The van der Waals surface area contributed by atoms with Gasteiger partial charge in [0.05, 0.1) is 26.9 Å². The number of rotatable bonds is 4. The van der Waals surface area contributed by atoms with Gasteiger partial charge in [-0.25, -0.2) is 5.43 Å². The van der Waals surface area contributed by atoms with Gasteiger partial charge in [0.2, 0.25) is 0 Å². The van der Waals surface area contributed by atoms with E-state index < -0.39 is 0 Å². The van der Waals surface area contributed by atoms with Crippen molar-refractivity contribution in [2.45, 2.75) is 32.9 Å². The Balaban J connectivity index is 2.52. The van der Waals surface area contributed by atoms with E-state index in [1.165, 1.54) is 11.5 Å². The zero-order valence-corrected chi connectivity index (χ0v) is 12.8. The van der Waals surface area contributed by atoms with Crippen LogP contribution in [0.3, 0.4) is 0 Å². The van der Waals surface area contributed by atoms with E-state index >= 15 is 0 Å². The van der Waals surface area contributed by atoms with Gasteiger partial charge < -0.3 is 0 Å². The van der Waals surface area contributed by atoms with Gasteiger partial charge in [0.25, 0.3) is 0 Å². The maximum absolute atomic E-state index is 5.70. The lowest BCUT2D eigenvalue weighted by atomic mass is 10.1. The Morgan fingerprint density at radius 2 is 2.22 bits per heavy atom. The standard InChI is InChI=1S/C10H15BrN6S/c1-5(2)17-9(7(11)4-13-17)8(14-12)10-6(3)15-16-18-10/h4-5,8,14H,12H2,1-3H3. The van der Waals surface area contributed by atoms with Gasteiger partial charge in [-0.1, -0.05) is 4.49 Å². The summed E-state index contributed by atoms with van der Waals surface area (Å²) in [5.74, 6) is 5.70. The Morgan fingerprint density at radius 3 is 2.72 bits per heavy atom. The van der Waals surface area contributed by atoms with Crippen molar-refractivity contribution in [3.63, 3.8) is 0 Å². The fourth-order valence-electron chi connectivity index (χ4n) is 1.81. The zero-order valence-electron chi connectivity index (χ0n) is 10.4. The van der Waals surface area contributed by atoms with Crippen molar-refractivity contribution in [1.82, 2.24) is 24.8 Å². The molecule has 2 rings (SSSR count). The molecule has 0 saturated heterocycles. The van der Waals surface area contributed by atoms with Crippen molar-refractivity contribution in [3.05, 3.63) is 26.9 Å². The van der Waals surface area contributed by atoms with Crippen molar-refractivity contribution in [2.75, 3.05) is 0 Å². The molecule has 0 aliphatic carbocycles. The van der Waals surface area contributed by atoms with Gasteiger partial charge in [-0.2, -0.15) is 5.10 Å². The molecular formula is C10H15BrN6S. The largest absolute Gasteiger partial charge is 0.270 e. The molecule has 2 aromatic heterocycles. The maximum atomic E-state index is 5.70. The first-order valence-corrected chi connectivity index (χ1v) is 7.10. The minimum absolute atomic E-state index is 0.163. The Hall–Kier alpha value is -0.830. The lowest BCUT2D eigenvalue weighted by Gasteiger charge is -2.19. The highest BCUT2D eigenvalue weighted by atomic mass is 79.9. The highest BCUT2D eigenvalue weighted by molar-refractivity contribution is 9.10.